The number of carbonyl (C=O) groups is 1. The second kappa shape index (κ2) is 6.19. The summed E-state index contributed by atoms with van der Waals surface area (Å²) in [6.07, 6.45) is 4.84. The van der Waals surface area contributed by atoms with Gasteiger partial charge >= 0.3 is 0 Å². The quantitative estimate of drug-likeness (QED) is 0.865. The van der Waals surface area contributed by atoms with Gasteiger partial charge in [-0.3, -0.25) is 4.79 Å². The fraction of sp³-hybridized carbons (Fsp3) is 0.562. The van der Waals surface area contributed by atoms with Gasteiger partial charge in [0.2, 0.25) is 5.91 Å². The lowest BCUT2D eigenvalue weighted by atomic mass is 9.98. The van der Waals surface area contributed by atoms with Crippen molar-refractivity contribution in [2.45, 2.75) is 48.7 Å². The molecular formula is C16H22N2OS. The van der Waals surface area contributed by atoms with Gasteiger partial charge in [-0.15, -0.1) is 11.8 Å². The molecule has 0 aliphatic carbocycles. The number of nitrogens with one attached hydrogen (secondary N) is 1. The van der Waals surface area contributed by atoms with Gasteiger partial charge in [-0.1, -0.05) is 18.2 Å². The molecule has 0 radical (unpaired) electrons. The Hall–Kier alpha value is -1.00. The topological polar surface area (TPSA) is 32.3 Å². The van der Waals surface area contributed by atoms with Crippen molar-refractivity contribution in [1.82, 2.24) is 10.2 Å². The number of benzene rings is 1. The van der Waals surface area contributed by atoms with Crippen molar-refractivity contribution in [3.63, 3.8) is 0 Å². The predicted octanol–water partition coefficient (Wildman–Crippen LogP) is 2.52. The summed E-state index contributed by atoms with van der Waals surface area (Å²) in [7, 11) is 2.23. The van der Waals surface area contributed by atoms with Crippen LogP contribution >= 0.6 is 11.8 Å². The van der Waals surface area contributed by atoms with Gasteiger partial charge in [-0.05, 0) is 44.9 Å². The van der Waals surface area contributed by atoms with Crippen LogP contribution in [0.25, 0.3) is 0 Å². The van der Waals surface area contributed by atoms with E-state index in [1.807, 2.05) is 30.3 Å². The average Bonchev–Trinajstić information content (AvgIpc) is 2.68. The summed E-state index contributed by atoms with van der Waals surface area (Å²) in [5.74, 6) is 0.693. The molecule has 4 heteroatoms. The zero-order valence-corrected chi connectivity index (χ0v) is 12.7. The summed E-state index contributed by atoms with van der Waals surface area (Å²) in [5, 5.41) is 3.22. The second-order valence-corrected chi connectivity index (χ2v) is 6.94. The highest BCUT2D eigenvalue weighted by atomic mass is 32.2. The Kier molecular flexibility index (Phi) is 4.32. The number of rotatable bonds is 4. The number of carbonyl (C=O) groups excluding carboxylic acids is 1. The number of hydrogen-bond donors (Lipinski definition) is 1. The van der Waals surface area contributed by atoms with Crippen LogP contribution in [0.4, 0.5) is 0 Å². The number of piperidine rings is 1. The van der Waals surface area contributed by atoms with E-state index in [0.29, 0.717) is 23.9 Å². The Morgan fingerprint density at radius 1 is 1.25 bits per heavy atom. The summed E-state index contributed by atoms with van der Waals surface area (Å²) >= 11 is 1.61. The smallest absolute Gasteiger partial charge is 0.230 e. The van der Waals surface area contributed by atoms with E-state index in [2.05, 4.69) is 17.3 Å². The standard InChI is InChI=1S/C16H22N2OS/c1-18-13-7-8-14(18)10-12(9-13)17-16(19)11-20-15-5-3-2-4-6-15/h2-6,12-14H,7-11H2,1H3,(H,17,19)/t12?,13-,14+. The summed E-state index contributed by atoms with van der Waals surface area (Å²) in [6.45, 7) is 0. The third-order valence-corrected chi connectivity index (χ3v) is 5.59. The molecule has 2 bridgehead atoms. The molecule has 2 saturated heterocycles. The van der Waals surface area contributed by atoms with Crippen LogP contribution in [-0.4, -0.2) is 41.7 Å². The SMILES string of the molecule is CN1[C@@H]2CC[C@H]1CC(NC(=O)CSc1ccccc1)C2. The van der Waals surface area contributed by atoms with Crippen LogP contribution in [0.2, 0.25) is 0 Å². The molecule has 1 aromatic carbocycles. The molecule has 1 amide bonds. The maximum absolute atomic E-state index is 12.1. The van der Waals surface area contributed by atoms with Crippen molar-refractivity contribution in [1.29, 1.82) is 0 Å². The number of fused-ring (bicyclic) bond motifs is 2. The third-order valence-electron chi connectivity index (χ3n) is 4.58. The van der Waals surface area contributed by atoms with Gasteiger partial charge in [0.05, 0.1) is 5.75 Å². The monoisotopic (exact) mass is 290 g/mol. The minimum absolute atomic E-state index is 0.174. The van der Waals surface area contributed by atoms with E-state index in [0.717, 1.165) is 17.7 Å². The molecule has 0 spiro atoms. The Balaban J connectivity index is 1.45. The van der Waals surface area contributed by atoms with Crippen LogP contribution in [0.3, 0.4) is 0 Å². The van der Waals surface area contributed by atoms with Crippen LogP contribution in [0.15, 0.2) is 35.2 Å². The molecule has 1 unspecified atom stereocenters. The largest absolute Gasteiger partial charge is 0.353 e. The van der Waals surface area contributed by atoms with Crippen molar-refractivity contribution in [3.8, 4) is 0 Å². The van der Waals surface area contributed by atoms with Gasteiger partial charge in [0.15, 0.2) is 0 Å². The summed E-state index contributed by atoms with van der Waals surface area (Å²) < 4.78 is 0. The minimum atomic E-state index is 0.174. The lowest BCUT2D eigenvalue weighted by Gasteiger charge is -2.36. The highest BCUT2D eigenvalue weighted by Gasteiger charge is 2.38. The number of hydrogen-bond acceptors (Lipinski definition) is 3. The Labute approximate surface area is 125 Å². The van der Waals surface area contributed by atoms with E-state index in [1.165, 1.54) is 12.8 Å². The van der Waals surface area contributed by atoms with Crippen LogP contribution in [0.5, 0.6) is 0 Å². The fourth-order valence-electron chi connectivity index (χ4n) is 3.46. The van der Waals surface area contributed by atoms with E-state index in [4.69, 9.17) is 0 Å². The summed E-state index contributed by atoms with van der Waals surface area (Å²) in [4.78, 5) is 15.7. The van der Waals surface area contributed by atoms with Crippen molar-refractivity contribution in [3.05, 3.63) is 30.3 Å². The van der Waals surface area contributed by atoms with Crippen molar-refractivity contribution < 1.29 is 4.79 Å². The minimum Gasteiger partial charge on any atom is -0.353 e. The maximum Gasteiger partial charge on any atom is 0.230 e. The molecule has 3 nitrogen and oxygen atoms in total. The molecule has 108 valence electrons. The first-order chi connectivity index (χ1) is 9.72. The van der Waals surface area contributed by atoms with Gasteiger partial charge in [0.1, 0.15) is 0 Å². The van der Waals surface area contributed by atoms with Crippen LogP contribution < -0.4 is 5.32 Å². The van der Waals surface area contributed by atoms with Crippen LogP contribution in [-0.2, 0) is 4.79 Å². The average molecular weight is 290 g/mol. The zero-order chi connectivity index (χ0) is 13.9. The van der Waals surface area contributed by atoms with E-state index >= 15 is 0 Å². The van der Waals surface area contributed by atoms with Gasteiger partial charge < -0.3 is 10.2 Å². The predicted molar refractivity (Wildman–Crippen MR) is 82.9 cm³/mol. The molecular weight excluding hydrogens is 268 g/mol. The second-order valence-electron chi connectivity index (χ2n) is 5.89. The number of nitrogens with zero attached hydrogens (tertiary/aromatic N) is 1. The van der Waals surface area contributed by atoms with E-state index in [1.54, 1.807) is 11.8 Å². The zero-order valence-electron chi connectivity index (χ0n) is 11.9. The van der Waals surface area contributed by atoms with Crippen LogP contribution in [0, 0.1) is 0 Å². The Morgan fingerprint density at radius 2 is 1.90 bits per heavy atom. The van der Waals surface area contributed by atoms with Crippen LogP contribution in [0.1, 0.15) is 25.7 Å². The molecule has 2 aliphatic rings. The molecule has 2 heterocycles. The van der Waals surface area contributed by atoms with Gasteiger partial charge in [-0.25, -0.2) is 0 Å². The molecule has 20 heavy (non-hydrogen) atoms. The number of amides is 1. The maximum atomic E-state index is 12.1. The van der Waals surface area contributed by atoms with Gasteiger partial charge in [-0.2, -0.15) is 0 Å². The molecule has 3 rings (SSSR count). The van der Waals surface area contributed by atoms with Gasteiger partial charge in [0.25, 0.3) is 0 Å². The van der Waals surface area contributed by atoms with Crippen molar-refractivity contribution in [2.24, 2.45) is 0 Å². The Bertz CT molecular complexity index is 451. The molecule has 0 aromatic heterocycles. The van der Waals surface area contributed by atoms with E-state index < -0.39 is 0 Å². The normalized spacial score (nSPS) is 29.4. The third kappa shape index (κ3) is 3.18. The highest BCUT2D eigenvalue weighted by molar-refractivity contribution is 8.00. The lowest BCUT2D eigenvalue weighted by Crippen LogP contribution is -2.49. The molecule has 0 saturated carbocycles. The molecule has 1 aromatic rings. The first kappa shape index (κ1) is 14.0. The molecule has 1 N–H and O–H groups in total. The van der Waals surface area contributed by atoms with Gasteiger partial charge in [0, 0.05) is 23.0 Å². The first-order valence-electron chi connectivity index (χ1n) is 7.41. The molecule has 2 fully saturated rings. The first-order valence-corrected chi connectivity index (χ1v) is 8.40. The highest BCUT2D eigenvalue weighted by Crippen LogP contribution is 2.34. The summed E-state index contributed by atoms with van der Waals surface area (Å²) in [5.41, 5.74) is 0. The van der Waals surface area contributed by atoms with E-state index in [9.17, 15) is 4.79 Å². The lowest BCUT2D eigenvalue weighted by molar-refractivity contribution is -0.119. The van der Waals surface area contributed by atoms with E-state index in [-0.39, 0.29) is 5.91 Å². The Morgan fingerprint density at radius 3 is 2.55 bits per heavy atom. The molecule has 2 aliphatic heterocycles. The van der Waals surface area contributed by atoms with Crippen molar-refractivity contribution >= 4 is 17.7 Å². The fourth-order valence-corrected chi connectivity index (χ4v) is 4.19. The molecule has 3 atom stereocenters. The number of thioether (sulfide) groups is 1. The van der Waals surface area contributed by atoms with Crippen molar-refractivity contribution in [2.75, 3.05) is 12.8 Å². The summed E-state index contributed by atoms with van der Waals surface area (Å²) in [6, 6.07) is 11.9.